The molecule has 2 unspecified atom stereocenters. The van der Waals surface area contributed by atoms with Gasteiger partial charge in [0.2, 0.25) is 0 Å². The lowest BCUT2D eigenvalue weighted by atomic mass is 9.85. The normalized spacial score (nSPS) is 15.9. The minimum absolute atomic E-state index is 0.0471. The van der Waals surface area contributed by atoms with Gasteiger partial charge in [-0.1, -0.05) is 51.1 Å². The van der Waals surface area contributed by atoms with Crippen molar-refractivity contribution in [2.24, 2.45) is 5.41 Å². The molecule has 0 saturated heterocycles. The Hall–Kier alpha value is -1.03. The smallest absolute Gasteiger partial charge is 0.307 e. The maximum absolute atomic E-state index is 12.5. The van der Waals surface area contributed by atoms with Gasteiger partial charge in [-0.15, -0.1) is 0 Å². The van der Waals surface area contributed by atoms with Gasteiger partial charge in [0.15, 0.2) is 0 Å². The first-order valence-electron chi connectivity index (χ1n) is 6.94. The molecule has 0 aromatic heterocycles. The number of rotatable bonds is 5. The summed E-state index contributed by atoms with van der Waals surface area (Å²) in [5, 5.41) is 3.13. The van der Waals surface area contributed by atoms with Gasteiger partial charge >= 0.3 is 6.18 Å². The zero-order valence-electron chi connectivity index (χ0n) is 12.6. The first-order chi connectivity index (χ1) is 9.07. The minimum atomic E-state index is -4.13. The van der Waals surface area contributed by atoms with Crippen LogP contribution in [0.15, 0.2) is 30.3 Å². The highest BCUT2D eigenvalue weighted by Crippen LogP contribution is 2.31. The lowest BCUT2D eigenvalue weighted by Crippen LogP contribution is -2.36. The van der Waals surface area contributed by atoms with E-state index in [1.165, 1.54) is 0 Å². The number of alkyl halides is 3. The number of benzene rings is 1. The van der Waals surface area contributed by atoms with Crippen LogP contribution < -0.4 is 5.32 Å². The van der Waals surface area contributed by atoms with Crippen molar-refractivity contribution in [2.75, 3.05) is 0 Å². The van der Waals surface area contributed by atoms with E-state index < -0.39 is 18.6 Å². The fraction of sp³-hybridized carbons (Fsp3) is 0.625. The van der Waals surface area contributed by atoms with Gasteiger partial charge in [0.25, 0.3) is 0 Å². The van der Waals surface area contributed by atoms with Crippen LogP contribution in [0.5, 0.6) is 0 Å². The average molecular weight is 287 g/mol. The maximum Gasteiger partial charge on any atom is 0.390 e. The topological polar surface area (TPSA) is 12.0 Å². The van der Waals surface area contributed by atoms with Crippen LogP contribution in [0, 0.1) is 5.41 Å². The molecule has 1 nitrogen and oxygen atoms in total. The fourth-order valence-electron chi connectivity index (χ4n) is 2.32. The Morgan fingerprint density at radius 1 is 1.00 bits per heavy atom. The minimum Gasteiger partial charge on any atom is -0.307 e. The molecule has 4 heteroatoms. The van der Waals surface area contributed by atoms with E-state index in [0.717, 1.165) is 12.0 Å². The Bertz CT molecular complexity index is 392. The highest BCUT2D eigenvalue weighted by Gasteiger charge is 2.31. The van der Waals surface area contributed by atoms with Crippen LogP contribution in [0.2, 0.25) is 0 Å². The molecule has 0 radical (unpaired) electrons. The summed E-state index contributed by atoms with van der Waals surface area (Å²) < 4.78 is 37.4. The van der Waals surface area contributed by atoms with Gasteiger partial charge in [0, 0.05) is 12.1 Å². The van der Waals surface area contributed by atoms with Crippen LogP contribution in [-0.4, -0.2) is 12.2 Å². The molecule has 0 saturated carbocycles. The molecule has 0 spiro atoms. The summed E-state index contributed by atoms with van der Waals surface area (Å²) in [6.07, 6.45) is -4.14. The van der Waals surface area contributed by atoms with Crippen LogP contribution in [0.25, 0.3) is 0 Å². The van der Waals surface area contributed by atoms with Gasteiger partial charge in [-0.25, -0.2) is 0 Å². The average Bonchev–Trinajstić information content (AvgIpc) is 2.25. The number of hydrogen-bond acceptors (Lipinski definition) is 1. The molecule has 114 valence electrons. The molecule has 0 aliphatic carbocycles. The first kappa shape index (κ1) is 17.0. The summed E-state index contributed by atoms with van der Waals surface area (Å²) >= 11 is 0. The molecule has 1 N–H and O–H groups in total. The third-order valence-corrected chi connectivity index (χ3v) is 3.04. The highest BCUT2D eigenvalue weighted by atomic mass is 19.4. The van der Waals surface area contributed by atoms with Gasteiger partial charge in [-0.3, -0.25) is 0 Å². The number of halogens is 3. The largest absolute Gasteiger partial charge is 0.390 e. The molecule has 0 amide bonds. The molecule has 1 aromatic carbocycles. The Labute approximate surface area is 119 Å². The van der Waals surface area contributed by atoms with Gasteiger partial charge in [0.1, 0.15) is 0 Å². The second-order valence-corrected chi connectivity index (χ2v) is 6.62. The molecule has 1 aromatic rings. The lowest BCUT2D eigenvalue weighted by Gasteiger charge is -2.30. The maximum atomic E-state index is 12.5. The van der Waals surface area contributed by atoms with E-state index in [2.05, 4.69) is 26.1 Å². The predicted octanol–water partition coefficient (Wildman–Crippen LogP) is 5.09. The molecule has 1 rings (SSSR count). The third-order valence-electron chi connectivity index (χ3n) is 3.04. The van der Waals surface area contributed by atoms with Gasteiger partial charge in [-0.05, 0) is 24.3 Å². The zero-order valence-corrected chi connectivity index (χ0v) is 12.6. The second-order valence-electron chi connectivity index (χ2n) is 6.62. The van der Waals surface area contributed by atoms with Crippen LogP contribution >= 0.6 is 0 Å². The van der Waals surface area contributed by atoms with Crippen LogP contribution in [0.3, 0.4) is 0 Å². The van der Waals surface area contributed by atoms with Crippen molar-refractivity contribution in [3.63, 3.8) is 0 Å². The molecule has 0 fully saturated rings. The van der Waals surface area contributed by atoms with Crippen molar-refractivity contribution in [1.82, 2.24) is 5.32 Å². The zero-order chi connectivity index (χ0) is 15.4. The second kappa shape index (κ2) is 6.61. The molecule has 0 bridgehead atoms. The van der Waals surface area contributed by atoms with E-state index in [4.69, 9.17) is 0 Å². The molecule has 0 aliphatic heterocycles. The Kier molecular flexibility index (Phi) is 5.63. The molecule has 0 heterocycles. The summed E-state index contributed by atoms with van der Waals surface area (Å²) in [6, 6.07) is 9.02. The highest BCUT2D eigenvalue weighted by molar-refractivity contribution is 5.19. The Morgan fingerprint density at radius 3 is 2.00 bits per heavy atom. The first-order valence-corrected chi connectivity index (χ1v) is 6.94. The van der Waals surface area contributed by atoms with E-state index in [1.807, 2.05) is 30.3 Å². The van der Waals surface area contributed by atoms with Gasteiger partial charge < -0.3 is 5.32 Å². The fourth-order valence-corrected chi connectivity index (χ4v) is 2.32. The third kappa shape index (κ3) is 6.94. The number of hydrogen-bond donors (Lipinski definition) is 1. The van der Waals surface area contributed by atoms with Crippen molar-refractivity contribution in [3.8, 4) is 0 Å². The van der Waals surface area contributed by atoms with Crippen LogP contribution in [0.4, 0.5) is 13.2 Å². The van der Waals surface area contributed by atoms with Gasteiger partial charge in [0.05, 0.1) is 6.42 Å². The van der Waals surface area contributed by atoms with Crippen molar-refractivity contribution in [1.29, 1.82) is 0 Å². The van der Waals surface area contributed by atoms with Crippen molar-refractivity contribution in [3.05, 3.63) is 35.9 Å². The van der Waals surface area contributed by atoms with E-state index in [9.17, 15) is 13.2 Å². The summed E-state index contributed by atoms with van der Waals surface area (Å²) in [6.45, 7) is 7.88. The standard InChI is InChI=1S/C16H24F3N/c1-12(10-16(17,18)19)20-14(11-15(2,3)4)13-8-6-5-7-9-13/h5-9,12,14,20H,10-11H2,1-4H3. The van der Waals surface area contributed by atoms with Crippen LogP contribution in [-0.2, 0) is 0 Å². The molecule has 2 atom stereocenters. The molecule has 20 heavy (non-hydrogen) atoms. The summed E-state index contributed by atoms with van der Waals surface area (Å²) in [4.78, 5) is 0. The predicted molar refractivity (Wildman–Crippen MR) is 76.5 cm³/mol. The van der Waals surface area contributed by atoms with E-state index >= 15 is 0 Å². The van der Waals surface area contributed by atoms with Gasteiger partial charge in [-0.2, -0.15) is 13.2 Å². The quantitative estimate of drug-likeness (QED) is 0.795. The van der Waals surface area contributed by atoms with E-state index in [-0.39, 0.29) is 11.5 Å². The Morgan fingerprint density at radius 2 is 1.55 bits per heavy atom. The SMILES string of the molecule is CC(CC(F)(F)F)NC(CC(C)(C)C)c1ccccc1. The number of nitrogens with one attached hydrogen (secondary N) is 1. The Balaban J connectivity index is 2.79. The molecule has 0 aliphatic rings. The lowest BCUT2D eigenvalue weighted by molar-refractivity contribution is -0.139. The summed E-state index contributed by atoms with van der Waals surface area (Å²) in [7, 11) is 0. The van der Waals surface area contributed by atoms with Crippen molar-refractivity contribution in [2.45, 2.75) is 58.8 Å². The summed E-state index contributed by atoms with van der Waals surface area (Å²) in [5.41, 5.74) is 1.09. The summed E-state index contributed by atoms with van der Waals surface area (Å²) in [5.74, 6) is 0. The monoisotopic (exact) mass is 287 g/mol. The molecular formula is C16H24F3N. The molecular weight excluding hydrogens is 263 g/mol. The van der Waals surface area contributed by atoms with E-state index in [0.29, 0.717) is 0 Å². The van der Waals surface area contributed by atoms with Crippen LogP contribution in [0.1, 0.15) is 52.1 Å². The van der Waals surface area contributed by atoms with E-state index in [1.54, 1.807) is 6.92 Å². The van der Waals surface area contributed by atoms with Crippen molar-refractivity contribution >= 4 is 0 Å². The van der Waals surface area contributed by atoms with Crippen molar-refractivity contribution < 1.29 is 13.2 Å².